The van der Waals surface area contributed by atoms with E-state index in [4.69, 9.17) is 15.2 Å². The van der Waals surface area contributed by atoms with Crippen molar-refractivity contribution in [1.29, 1.82) is 0 Å². The molecule has 10 heteroatoms. The number of alkyl carbamates (subject to hydrolysis) is 1. The SMILES string of the molecule is COC(=O)NCCOC(=O)c1cc2ccc(CN)cc2n1Cc1cc(Oc2ncccn2)cc2ccccc12. The maximum atomic E-state index is 13.2. The van der Waals surface area contributed by atoms with Crippen molar-refractivity contribution in [3.63, 3.8) is 0 Å². The first kappa shape index (κ1) is 25.7. The lowest BCUT2D eigenvalue weighted by Crippen LogP contribution is -2.28. The standard InChI is InChI=1S/C29H27N5O5/c1-37-29(36)33-11-12-38-27(35)26-16-21-8-7-19(17-30)13-25(21)34(26)18-22-15-23(39-28-31-9-4-10-32-28)14-20-5-2-3-6-24(20)22/h2-10,13-16H,11-12,17-18,30H2,1H3,(H,33,36). The van der Waals surface area contributed by atoms with Gasteiger partial charge in [-0.2, -0.15) is 0 Å². The molecule has 0 bridgehead atoms. The number of nitrogens with one attached hydrogen (secondary N) is 1. The lowest BCUT2D eigenvalue weighted by Gasteiger charge is -2.15. The van der Waals surface area contributed by atoms with Gasteiger partial charge in [-0.1, -0.05) is 36.4 Å². The molecule has 0 radical (unpaired) electrons. The summed E-state index contributed by atoms with van der Waals surface area (Å²) in [7, 11) is 1.27. The smallest absolute Gasteiger partial charge is 0.406 e. The van der Waals surface area contributed by atoms with Crippen LogP contribution in [0.2, 0.25) is 0 Å². The van der Waals surface area contributed by atoms with E-state index in [1.807, 2.05) is 59.2 Å². The first-order valence-corrected chi connectivity index (χ1v) is 12.3. The molecule has 0 atom stereocenters. The van der Waals surface area contributed by atoms with E-state index >= 15 is 0 Å². The van der Waals surface area contributed by atoms with Gasteiger partial charge in [0.1, 0.15) is 18.1 Å². The van der Waals surface area contributed by atoms with E-state index in [1.165, 1.54) is 7.11 Å². The average Bonchev–Trinajstić information content (AvgIpc) is 3.33. The third-order valence-corrected chi connectivity index (χ3v) is 6.20. The molecule has 0 aliphatic heterocycles. The number of aromatic nitrogens is 3. The number of fused-ring (bicyclic) bond motifs is 2. The minimum atomic E-state index is -0.593. The fourth-order valence-electron chi connectivity index (χ4n) is 4.37. The van der Waals surface area contributed by atoms with Crippen LogP contribution in [0.3, 0.4) is 0 Å². The van der Waals surface area contributed by atoms with Gasteiger partial charge in [-0.05, 0) is 52.2 Å². The summed E-state index contributed by atoms with van der Waals surface area (Å²) >= 11 is 0. The largest absolute Gasteiger partial charge is 0.459 e. The molecular formula is C29H27N5O5. The van der Waals surface area contributed by atoms with Gasteiger partial charge in [-0.15, -0.1) is 0 Å². The molecule has 2 heterocycles. The van der Waals surface area contributed by atoms with Crippen LogP contribution in [0, 0.1) is 0 Å². The number of carbonyl (C=O) groups excluding carboxylic acids is 2. The van der Waals surface area contributed by atoms with Gasteiger partial charge >= 0.3 is 18.1 Å². The number of nitrogens with zero attached hydrogens (tertiary/aromatic N) is 3. The fraction of sp³-hybridized carbons (Fsp3) is 0.172. The predicted molar refractivity (Wildman–Crippen MR) is 146 cm³/mol. The van der Waals surface area contributed by atoms with E-state index in [9.17, 15) is 9.59 Å². The number of hydrogen-bond acceptors (Lipinski definition) is 8. The van der Waals surface area contributed by atoms with Crippen molar-refractivity contribution in [2.45, 2.75) is 13.1 Å². The number of benzene rings is 3. The molecule has 0 saturated carbocycles. The maximum absolute atomic E-state index is 13.2. The molecule has 3 N–H and O–H groups in total. The number of carbonyl (C=O) groups is 2. The molecule has 2 aromatic heterocycles. The van der Waals surface area contributed by atoms with E-state index in [1.54, 1.807) is 24.5 Å². The summed E-state index contributed by atoms with van der Waals surface area (Å²) in [4.78, 5) is 32.8. The van der Waals surface area contributed by atoms with Crippen LogP contribution < -0.4 is 15.8 Å². The second-order valence-electron chi connectivity index (χ2n) is 8.70. The number of methoxy groups -OCH3 is 1. The quantitative estimate of drug-likeness (QED) is 0.214. The van der Waals surface area contributed by atoms with Crippen molar-refractivity contribution < 1.29 is 23.8 Å². The van der Waals surface area contributed by atoms with Gasteiger partial charge in [-0.3, -0.25) is 0 Å². The minimum Gasteiger partial charge on any atom is -0.459 e. The molecule has 5 aromatic rings. The molecule has 3 aromatic carbocycles. The van der Waals surface area contributed by atoms with Crippen LogP contribution in [0.25, 0.3) is 21.7 Å². The monoisotopic (exact) mass is 525 g/mol. The Morgan fingerprint density at radius 3 is 2.59 bits per heavy atom. The van der Waals surface area contributed by atoms with E-state index in [2.05, 4.69) is 20.0 Å². The summed E-state index contributed by atoms with van der Waals surface area (Å²) in [5.74, 6) is 0.0635. The Morgan fingerprint density at radius 1 is 0.974 bits per heavy atom. The average molecular weight is 526 g/mol. The van der Waals surface area contributed by atoms with Crippen LogP contribution >= 0.6 is 0 Å². The second-order valence-corrected chi connectivity index (χ2v) is 8.70. The van der Waals surface area contributed by atoms with Crippen molar-refractivity contribution in [2.75, 3.05) is 20.3 Å². The molecule has 0 spiro atoms. The molecule has 0 aliphatic carbocycles. The van der Waals surface area contributed by atoms with Crippen LogP contribution in [-0.2, 0) is 22.6 Å². The highest BCUT2D eigenvalue weighted by atomic mass is 16.5. The Morgan fingerprint density at radius 2 is 1.79 bits per heavy atom. The normalized spacial score (nSPS) is 10.9. The highest BCUT2D eigenvalue weighted by molar-refractivity contribution is 5.96. The van der Waals surface area contributed by atoms with Crippen LogP contribution in [0.1, 0.15) is 21.6 Å². The van der Waals surface area contributed by atoms with Crippen LogP contribution in [0.15, 0.2) is 79.1 Å². The summed E-state index contributed by atoms with van der Waals surface area (Å²) in [6, 6.07) is 21.4. The van der Waals surface area contributed by atoms with Gasteiger partial charge in [0, 0.05) is 36.4 Å². The zero-order valence-corrected chi connectivity index (χ0v) is 21.3. The zero-order valence-electron chi connectivity index (χ0n) is 21.3. The van der Waals surface area contributed by atoms with E-state index < -0.39 is 12.1 Å². The van der Waals surface area contributed by atoms with E-state index in [0.29, 0.717) is 24.5 Å². The van der Waals surface area contributed by atoms with E-state index in [-0.39, 0.29) is 19.2 Å². The second kappa shape index (κ2) is 11.6. The van der Waals surface area contributed by atoms with Crippen LogP contribution in [0.4, 0.5) is 4.79 Å². The lowest BCUT2D eigenvalue weighted by atomic mass is 10.0. The molecule has 39 heavy (non-hydrogen) atoms. The number of esters is 1. The number of ether oxygens (including phenoxy) is 3. The Kier molecular flexibility index (Phi) is 7.65. The third-order valence-electron chi connectivity index (χ3n) is 6.20. The Bertz CT molecular complexity index is 1630. The highest BCUT2D eigenvalue weighted by Gasteiger charge is 2.19. The van der Waals surface area contributed by atoms with Gasteiger partial charge in [0.2, 0.25) is 0 Å². The third kappa shape index (κ3) is 5.81. The molecule has 0 aliphatic rings. The van der Waals surface area contributed by atoms with Gasteiger partial charge < -0.3 is 29.8 Å². The van der Waals surface area contributed by atoms with Crippen LogP contribution in [0.5, 0.6) is 11.8 Å². The van der Waals surface area contributed by atoms with E-state index in [0.717, 1.165) is 32.8 Å². The van der Waals surface area contributed by atoms with Crippen LogP contribution in [-0.4, -0.2) is 46.9 Å². The molecule has 0 unspecified atom stereocenters. The Hall–Kier alpha value is -4.96. The number of rotatable bonds is 9. The van der Waals surface area contributed by atoms with Gasteiger partial charge in [0.25, 0.3) is 0 Å². The minimum absolute atomic E-state index is 0.00710. The number of amides is 1. The first-order chi connectivity index (χ1) is 19.1. The topological polar surface area (TPSA) is 131 Å². The molecular weight excluding hydrogens is 498 g/mol. The number of hydrogen-bond donors (Lipinski definition) is 2. The van der Waals surface area contributed by atoms with Crippen molar-refractivity contribution in [2.24, 2.45) is 5.73 Å². The lowest BCUT2D eigenvalue weighted by molar-refractivity contribution is 0.0495. The molecule has 5 rings (SSSR count). The molecule has 0 fully saturated rings. The summed E-state index contributed by atoms with van der Waals surface area (Å²) in [6.07, 6.45) is 2.64. The Labute approximate surface area is 224 Å². The van der Waals surface area contributed by atoms with Crippen molar-refractivity contribution in [3.05, 3.63) is 95.9 Å². The highest BCUT2D eigenvalue weighted by Crippen LogP contribution is 2.30. The summed E-state index contributed by atoms with van der Waals surface area (Å²) < 4.78 is 17.9. The van der Waals surface area contributed by atoms with Crippen molar-refractivity contribution >= 4 is 33.7 Å². The van der Waals surface area contributed by atoms with Gasteiger partial charge in [-0.25, -0.2) is 19.6 Å². The molecule has 1 amide bonds. The number of nitrogens with two attached hydrogens (primary N) is 1. The van der Waals surface area contributed by atoms with Gasteiger partial charge in [0.05, 0.1) is 13.7 Å². The zero-order chi connectivity index (χ0) is 27.2. The summed E-state index contributed by atoms with van der Waals surface area (Å²) in [6.45, 7) is 0.841. The maximum Gasteiger partial charge on any atom is 0.406 e. The Balaban J connectivity index is 1.53. The van der Waals surface area contributed by atoms with Gasteiger partial charge in [0.15, 0.2) is 0 Å². The molecule has 0 saturated heterocycles. The van der Waals surface area contributed by atoms with Crippen molar-refractivity contribution in [1.82, 2.24) is 19.9 Å². The summed E-state index contributed by atoms with van der Waals surface area (Å²) in [5, 5.41) is 5.36. The van der Waals surface area contributed by atoms with Crippen molar-refractivity contribution in [3.8, 4) is 11.8 Å². The summed E-state index contributed by atoms with van der Waals surface area (Å²) in [5.41, 5.74) is 9.01. The molecule has 10 nitrogen and oxygen atoms in total. The predicted octanol–water partition coefficient (Wildman–Crippen LogP) is 4.40. The molecule has 198 valence electrons. The fourth-order valence-corrected chi connectivity index (χ4v) is 4.37. The first-order valence-electron chi connectivity index (χ1n) is 12.3.